The van der Waals surface area contributed by atoms with E-state index in [1.807, 2.05) is 32.0 Å². The first-order chi connectivity index (χ1) is 12.6. The molecule has 0 saturated heterocycles. The van der Waals surface area contributed by atoms with Crippen molar-refractivity contribution in [2.45, 2.75) is 32.9 Å². The standard InChI is InChI=1S/C20H23F2NO3/c1-3-24-17-11-13-9-10-23-19(15(13)12-18(17)25-4-2)14-7-5-6-8-16(14)26-20(21)22/h5-8,11-12,19-20,23H,3-4,9-10H2,1-2H3/t19-/m1/s1. The Labute approximate surface area is 152 Å². The third-order valence-corrected chi connectivity index (χ3v) is 4.31. The van der Waals surface area contributed by atoms with E-state index in [1.54, 1.807) is 18.2 Å². The second kappa shape index (κ2) is 8.36. The van der Waals surface area contributed by atoms with Gasteiger partial charge in [-0.1, -0.05) is 18.2 Å². The largest absolute Gasteiger partial charge is 0.490 e. The van der Waals surface area contributed by atoms with E-state index in [0.29, 0.717) is 30.3 Å². The molecule has 140 valence electrons. The molecule has 0 amide bonds. The summed E-state index contributed by atoms with van der Waals surface area (Å²) in [6.07, 6.45) is 0.830. The Kier molecular flexibility index (Phi) is 5.93. The Hall–Kier alpha value is -2.34. The van der Waals surface area contributed by atoms with E-state index in [1.165, 1.54) is 0 Å². The molecule has 26 heavy (non-hydrogen) atoms. The van der Waals surface area contributed by atoms with Gasteiger partial charge >= 0.3 is 6.61 Å². The summed E-state index contributed by atoms with van der Waals surface area (Å²) in [5.41, 5.74) is 2.79. The highest BCUT2D eigenvalue weighted by Crippen LogP contribution is 2.40. The Morgan fingerprint density at radius 2 is 1.69 bits per heavy atom. The van der Waals surface area contributed by atoms with Crippen LogP contribution in [0.3, 0.4) is 0 Å². The molecule has 1 atom stereocenters. The van der Waals surface area contributed by atoms with E-state index in [-0.39, 0.29) is 11.8 Å². The van der Waals surface area contributed by atoms with E-state index < -0.39 is 6.61 Å². The summed E-state index contributed by atoms with van der Waals surface area (Å²) in [7, 11) is 0. The molecule has 1 N–H and O–H groups in total. The molecule has 0 fully saturated rings. The SMILES string of the molecule is CCOc1cc2c(cc1OCC)[C@@H](c1ccccc1OC(F)F)NCC2. The van der Waals surface area contributed by atoms with Crippen LogP contribution in [0, 0.1) is 0 Å². The zero-order chi connectivity index (χ0) is 18.5. The van der Waals surface area contributed by atoms with E-state index in [0.717, 1.165) is 24.1 Å². The Balaban J connectivity index is 2.05. The van der Waals surface area contributed by atoms with Gasteiger partial charge in [-0.05, 0) is 49.6 Å². The van der Waals surface area contributed by atoms with Gasteiger partial charge in [-0.3, -0.25) is 0 Å². The maximum Gasteiger partial charge on any atom is 0.387 e. The molecule has 0 bridgehead atoms. The fourth-order valence-electron chi connectivity index (χ4n) is 3.30. The second-order valence-electron chi connectivity index (χ2n) is 5.92. The lowest BCUT2D eigenvalue weighted by atomic mass is 9.89. The predicted molar refractivity (Wildman–Crippen MR) is 95.4 cm³/mol. The van der Waals surface area contributed by atoms with Crippen molar-refractivity contribution in [3.8, 4) is 17.2 Å². The summed E-state index contributed by atoms with van der Waals surface area (Å²) in [5.74, 6) is 1.56. The summed E-state index contributed by atoms with van der Waals surface area (Å²) >= 11 is 0. The third kappa shape index (κ3) is 3.90. The van der Waals surface area contributed by atoms with E-state index in [2.05, 4.69) is 5.32 Å². The van der Waals surface area contributed by atoms with Crippen LogP contribution >= 0.6 is 0 Å². The molecule has 3 rings (SSSR count). The summed E-state index contributed by atoms with van der Waals surface area (Å²) < 4.78 is 41.7. The van der Waals surface area contributed by atoms with Crippen LogP contribution in [-0.2, 0) is 6.42 Å². The number of hydrogen-bond acceptors (Lipinski definition) is 4. The quantitative estimate of drug-likeness (QED) is 0.795. The third-order valence-electron chi connectivity index (χ3n) is 4.31. The molecule has 2 aromatic rings. The van der Waals surface area contributed by atoms with E-state index >= 15 is 0 Å². The minimum absolute atomic E-state index is 0.180. The van der Waals surface area contributed by atoms with Crippen molar-refractivity contribution in [3.63, 3.8) is 0 Å². The van der Waals surface area contributed by atoms with Gasteiger partial charge in [0, 0.05) is 12.1 Å². The zero-order valence-electron chi connectivity index (χ0n) is 14.9. The van der Waals surface area contributed by atoms with Gasteiger partial charge < -0.3 is 19.5 Å². The van der Waals surface area contributed by atoms with Gasteiger partial charge in [-0.25, -0.2) is 0 Å². The number of benzene rings is 2. The lowest BCUT2D eigenvalue weighted by Gasteiger charge is -2.29. The topological polar surface area (TPSA) is 39.7 Å². The normalized spacial score (nSPS) is 16.3. The molecule has 1 aliphatic rings. The van der Waals surface area contributed by atoms with Crippen molar-refractivity contribution < 1.29 is 23.0 Å². The first kappa shape index (κ1) is 18.5. The molecule has 4 nitrogen and oxygen atoms in total. The van der Waals surface area contributed by atoms with Crippen LogP contribution in [0.5, 0.6) is 17.2 Å². The van der Waals surface area contributed by atoms with Gasteiger partial charge in [-0.15, -0.1) is 0 Å². The number of hydrogen-bond donors (Lipinski definition) is 1. The number of rotatable bonds is 7. The van der Waals surface area contributed by atoms with Crippen LogP contribution in [-0.4, -0.2) is 26.4 Å². The number of nitrogens with one attached hydrogen (secondary N) is 1. The van der Waals surface area contributed by atoms with E-state index in [9.17, 15) is 8.78 Å². The van der Waals surface area contributed by atoms with Crippen LogP contribution in [0.15, 0.2) is 36.4 Å². The average Bonchev–Trinajstić information content (AvgIpc) is 2.62. The van der Waals surface area contributed by atoms with Crippen LogP contribution in [0.1, 0.15) is 36.6 Å². The average molecular weight is 363 g/mol. The molecule has 0 spiro atoms. The highest BCUT2D eigenvalue weighted by molar-refractivity contribution is 5.53. The van der Waals surface area contributed by atoms with Crippen molar-refractivity contribution in [2.24, 2.45) is 0 Å². The first-order valence-electron chi connectivity index (χ1n) is 8.83. The second-order valence-corrected chi connectivity index (χ2v) is 5.92. The summed E-state index contributed by atoms with van der Waals surface area (Å²) in [5, 5.41) is 3.40. The zero-order valence-corrected chi connectivity index (χ0v) is 14.9. The minimum Gasteiger partial charge on any atom is -0.490 e. The molecule has 0 aliphatic carbocycles. The number of para-hydroxylation sites is 1. The van der Waals surface area contributed by atoms with Crippen LogP contribution in [0.2, 0.25) is 0 Å². The summed E-state index contributed by atoms with van der Waals surface area (Å²) in [6, 6.07) is 10.6. The molecular formula is C20H23F2NO3. The molecule has 1 aliphatic heterocycles. The molecule has 1 heterocycles. The maximum absolute atomic E-state index is 12.8. The Morgan fingerprint density at radius 3 is 2.38 bits per heavy atom. The number of fused-ring (bicyclic) bond motifs is 1. The summed E-state index contributed by atoms with van der Waals surface area (Å²) in [4.78, 5) is 0. The molecule has 0 saturated carbocycles. The molecule has 0 radical (unpaired) electrons. The maximum atomic E-state index is 12.8. The highest BCUT2D eigenvalue weighted by atomic mass is 19.3. The molecule has 2 aromatic carbocycles. The number of alkyl halides is 2. The Bertz CT molecular complexity index is 752. The number of halogens is 2. The van der Waals surface area contributed by atoms with Gasteiger partial charge in [0.15, 0.2) is 11.5 Å². The molecule has 0 aromatic heterocycles. The van der Waals surface area contributed by atoms with Crippen molar-refractivity contribution >= 4 is 0 Å². The fourth-order valence-corrected chi connectivity index (χ4v) is 3.30. The monoisotopic (exact) mass is 363 g/mol. The van der Waals surface area contributed by atoms with Crippen molar-refractivity contribution in [1.82, 2.24) is 5.32 Å². The van der Waals surface area contributed by atoms with Crippen LogP contribution in [0.25, 0.3) is 0 Å². The molecular weight excluding hydrogens is 340 g/mol. The van der Waals surface area contributed by atoms with Gasteiger partial charge in [0.05, 0.1) is 19.3 Å². The smallest absolute Gasteiger partial charge is 0.387 e. The van der Waals surface area contributed by atoms with Crippen molar-refractivity contribution in [3.05, 3.63) is 53.1 Å². The first-order valence-corrected chi connectivity index (χ1v) is 8.83. The van der Waals surface area contributed by atoms with Crippen LogP contribution in [0.4, 0.5) is 8.78 Å². The van der Waals surface area contributed by atoms with Gasteiger partial charge in [0.25, 0.3) is 0 Å². The van der Waals surface area contributed by atoms with Gasteiger partial charge in [-0.2, -0.15) is 8.78 Å². The van der Waals surface area contributed by atoms with Gasteiger partial charge in [0.1, 0.15) is 5.75 Å². The predicted octanol–water partition coefficient (Wildman–Crippen LogP) is 4.32. The lowest BCUT2D eigenvalue weighted by Crippen LogP contribution is -2.31. The van der Waals surface area contributed by atoms with Crippen LogP contribution < -0.4 is 19.5 Å². The van der Waals surface area contributed by atoms with Gasteiger partial charge in [0.2, 0.25) is 0 Å². The molecule has 6 heteroatoms. The Morgan fingerprint density at radius 1 is 1.00 bits per heavy atom. The van der Waals surface area contributed by atoms with E-state index in [4.69, 9.17) is 14.2 Å². The minimum atomic E-state index is -2.86. The number of ether oxygens (including phenoxy) is 3. The summed E-state index contributed by atoms with van der Waals surface area (Å²) in [6.45, 7) is 2.78. The fraction of sp³-hybridized carbons (Fsp3) is 0.400. The highest BCUT2D eigenvalue weighted by Gasteiger charge is 2.27. The van der Waals surface area contributed by atoms with Crippen molar-refractivity contribution in [2.75, 3.05) is 19.8 Å². The van der Waals surface area contributed by atoms with Crippen molar-refractivity contribution in [1.29, 1.82) is 0 Å². The lowest BCUT2D eigenvalue weighted by molar-refractivity contribution is -0.0506. The molecule has 0 unspecified atom stereocenters.